The van der Waals surface area contributed by atoms with Gasteiger partial charge in [-0.3, -0.25) is 0 Å². The molecule has 2 aromatic rings. The van der Waals surface area contributed by atoms with Crippen molar-refractivity contribution in [1.82, 2.24) is 4.31 Å². The van der Waals surface area contributed by atoms with Crippen LogP contribution in [0.5, 0.6) is 0 Å². The zero-order valence-corrected chi connectivity index (χ0v) is 16.8. The summed E-state index contributed by atoms with van der Waals surface area (Å²) >= 11 is 1.67. The van der Waals surface area contributed by atoms with Gasteiger partial charge in [-0.2, -0.15) is 4.31 Å². The van der Waals surface area contributed by atoms with Crippen LogP contribution in [0.3, 0.4) is 0 Å². The SMILES string of the molecule is CSc1ccc(CN(C)S(=O)(=O)c2c(C)c(C)cc(C)c2C)cc1. The third-order valence-corrected chi connectivity index (χ3v) is 7.35. The first-order valence-electron chi connectivity index (χ1n) is 7.85. The van der Waals surface area contributed by atoms with Crippen LogP contribution in [0.4, 0.5) is 0 Å². The molecule has 0 bridgehead atoms. The maximum atomic E-state index is 13.1. The number of benzene rings is 2. The Morgan fingerprint density at radius 3 is 1.92 bits per heavy atom. The lowest BCUT2D eigenvalue weighted by atomic mass is 10.0. The van der Waals surface area contributed by atoms with Crippen molar-refractivity contribution in [3.63, 3.8) is 0 Å². The largest absolute Gasteiger partial charge is 0.243 e. The molecule has 0 N–H and O–H groups in total. The highest BCUT2D eigenvalue weighted by atomic mass is 32.2. The molecule has 0 saturated carbocycles. The van der Waals surface area contributed by atoms with Gasteiger partial charge in [-0.15, -0.1) is 11.8 Å². The van der Waals surface area contributed by atoms with Gasteiger partial charge in [-0.1, -0.05) is 18.2 Å². The maximum Gasteiger partial charge on any atom is 0.243 e. The van der Waals surface area contributed by atoms with E-state index in [1.165, 1.54) is 9.20 Å². The molecule has 5 heteroatoms. The first-order valence-corrected chi connectivity index (χ1v) is 10.5. The summed E-state index contributed by atoms with van der Waals surface area (Å²) in [6.07, 6.45) is 2.03. The minimum Gasteiger partial charge on any atom is -0.207 e. The standard InChI is InChI=1S/C19H25NO2S2/c1-13-11-14(2)16(4)19(15(13)3)24(21,22)20(5)12-17-7-9-18(23-6)10-8-17/h7-11H,12H2,1-6H3. The summed E-state index contributed by atoms with van der Waals surface area (Å²) in [5.74, 6) is 0. The van der Waals surface area contributed by atoms with E-state index in [1.54, 1.807) is 18.8 Å². The molecule has 24 heavy (non-hydrogen) atoms. The Balaban J connectivity index is 2.39. The average molecular weight is 364 g/mol. The maximum absolute atomic E-state index is 13.1. The van der Waals surface area contributed by atoms with Crippen molar-refractivity contribution >= 4 is 21.8 Å². The Morgan fingerprint density at radius 1 is 0.958 bits per heavy atom. The fraction of sp³-hybridized carbons (Fsp3) is 0.368. The van der Waals surface area contributed by atoms with Gasteiger partial charge in [0, 0.05) is 18.5 Å². The fourth-order valence-corrected chi connectivity index (χ4v) is 4.93. The van der Waals surface area contributed by atoms with Crippen molar-refractivity contribution in [3.05, 3.63) is 58.1 Å². The fourth-order valence-electron chi connectivity index (χ4n) is 2.80. The normalized spacial score (nSPS) is 12.0. The molecule has 0 saturated heterocycles. The lowest BCUT2D eigenvalue weighted by Gasteiger charge is -2.22. The Morgan fingerprint density at radius 2 is 1.46 bits per heavy atom. The Hall–Kier alpha value is -1.30. The highest BCUT2D eigenvalue weighted by molar-refractivity contribution is 7.98. The molecule has 0 amide bonds. The third kappa shape index (κ3) is 3.68. The van der Waals surface area contributed by atoms with Gasteiger partial charge in [0.15, 0.2) is 0 Å². The summed E-state index contributed by atoms with van der Waals surface area (Å²) < 4.78 is 27.7. The number of sulfonamides is 1. The van der Waals surface area contributed by atoms with Gasteiger partial charge in [0.2, 0.25) is 10.0 Å². The molecule has 130 valence electrons. The molecule has 0 spiro atoms. The molecule has 3 nitrogen and oxygen atoms in total. The molecule has 0 fully saturated rings. The second-order valence-corrected chi connectivity index (χ2v) is 9.06. The molecule has 0 aromatic heterocycles. The van der Waals surface area contributed by atoms with Gasteiger partial charge in [-0.05, 0) is 73.9 Å². The molecular formula is C19H25NO2S2. The first kappa shape index (κ1) is 19.0. The second-order valence-electron chi connectivity index (χ2n) is 6.20. The van der Waals surface area contributed by atoms with Crippen LogP contribution in [0.1, 0.15) is 27.8 Å². The predicted molar refractivity (Wildman–Crippen MR) is 102 cm³/mol. The summed E-state index contributed by atoms with van der Waals surface area (Å²) in [7, 11) is -1.88. The number of thioether (sulfide) groups is 1. The molecule has 0 heterocycles. The van der Waals surface area contributed by atoms with Crippen LogP contribution in [-0.2, 0) is 16.6 Å². The van der Waals surface area contributed by atoms with Crippen molar-refractivity contribution in [3.8, 4) is 0 Å². The Bertz CT molecular complexity index is 814. The smallest absolute Gasteiger partial charge is 0.207 e. The van der Waals surface area contributed by atoms with E-state index in [2.05, 4.69) is 0 Å². The van der Waals surface area contributed by atoms with E-state index < -0.39 is 10.0 Å². The number of aryl methyl sites for hydroxylation is 2. The Labute approximate surface area is 150 Å². The Kier molecular flexibility index (Phi) is 5.78. The number of hydrogen-bond donors (Lipinski definition) is 0. The highest BCUT2D eigenvalue weighted by Gasteiger charge is 2.26. The zero-order chi connectivity index (χ0) is 18.1. The van der Waals surface area contributed by atoms with E-state index in [0.717, 1.165) is 27.8 Å². The van der Waals surface area contributed by atoms with Crippen molar-refractivity contribution in [2.24, 2.45) is 0 Å². The second kappa shape index (κ2) is 7.30. The van der Waals surface area contributed by atoms with E-state index in [-0.39, 0.29) is 0 Å². The lowest BCUT2D eigenvalue weighted by molar-refractivity contribution is 0.465. The summed E-state index contributed by atoms with van der Waals surface area (Å²) in [6.45, 7) is 8.05. The van der Waals surface area contributed by atoms with Crippen molar-refractivity contribution in [1.29, 1.82) is 0 Å². The molecule has 0 aliphatic carbocycles. The van der Waals surface area contributed by atoms with Crippen LogP contribution >= 0.6 is 11.8 Å². The minimum absolute atomic E-state index is 0.364. The molecule has 0 aliphatic rings. The van der Waals surface area contributed by atoms with Crippen LogP contribution < -0.4 is 0 Å². The highest BCUT2D eigenvalue weighted by Crippen LogP contribution is 2.29. The molecular weight excluding hydrogens is 338 g/mol. The lowest BCUT2D eigenvalue weighted by Crippen LogP contribution is -2.28. The van der Waals surface area contributed by atoms with Gasteiger partial charge in [0.25, 0.3) is 0 Å². The van der Waals surface area contributed by atoms with Gasteiger partial charge >= 0.3 is 0 Å². The van der Waals surface area contributed by atoms with Gasteiger partial charge in [0.05, 0.1) is 4.90 Å². The summed E-state index contributed by atoms with van der Waals surface area (Å²) in [5.41, 5.74) is 4.67. The predicted octanol–water partition coefficient (Wildman–Crippen LogP) is 4.46. The van der Waals surface area contributed by atoms with Gasteiger partial charge < -0.3 is 0 Å². The summed E-state index contributed by atoms with van der Waals surface area (Å²) in [4.78, 5) is 1.62. The number of nitrogens with zero attached hydrogens (tertiary/aromatic N) is 1. The van der Waals surface area contributed by atoms with Crippen LogP contribution in [0, 0.1) is 27.7 Å². The van der Waals surface area contributed by atoms with Crippen LogP contribution in [0.15, 0.2) is 40.1 Å². The van der Waals surface area contributed by atoms with E-state index in [9.17, 15) is 8.42 Å². The first-order chi connectivity index (χ1) is 11.2. The van der Waals surface area contributed by atoms with Crippen LogP contribution in [0.25, 0.3) is 0 Å². The van der Waals surface area contributed by atoms with E-state index in [4.69, 9.17) is 0 Å². The number of rotatable bonds is 5. The summed E-state index contributed by atoms with van der Waals surface area (Å²) in [6, 6.07) is 10.1. The third-order valence-electron chi connectivity index (χ3n) is 4.53. The summed E-state index contributed by atoms with van der Waals surface area (Å²) in [5, 5.41) is 0. The van der Waals surface area contributed by atoms with Gasteiger partial charge in [-0.25, -0.2) is 8.42 Å². The monoisotopic (exact) mass is 363 g/mol. The molecule has 2 rings (SSSR count). The van der Waals surface area contributed by atoms with Crippen molar-refractivity contribution < 1.29 is 8.42 Å². The molecule has 0 unspecified atom stereocenters. The topological polar surface area (TPSA) is 37.4 Å². The molecule has 2 aromatic carbocycles. The quantitative estimate of drug-likeness (QED) is 0.736. The van der Waals surface area contributed by atoms with Gasteiger partial charge in [0.1, 0.15) is 0 Å². The van der Waals surface area contributed by atoms with Crippen LogP contribution in [0.2, 0.25) is 0 Å². The van der Waals surface area contributed by atoms with Crippen molar-refractivity contribution in [2.45, 2.75) is 44.0 Å². The molecule has 0 radical (unpaired) electrons. The minimum atomic E-state index is -3.53. The van der Waals surface area contributed by atoms with Crippen LogP contribution in [-0.4, -0.2) is 26.0 Å². The van der Waals surface area contributed by atoms with E-state index >= 15 is 0 Å². The van der Waals surface area contributed by atoms with Crippen molar-refractivity contribution in [2.75, 3.05) is 13.3 Å². The van der Waals surface area contributed by atoms with E-state index in [0.29, 0.717) is 11.4 Å². The number of hydrogen-bond acceptors (Lipinski definition) is 3. The zero-order valence-electron chi connectivity index (χ0n) is 15.2. The average Bonchev–Trinajstić information content (AvgIpc) is 2.53. The molecule has 0 aliphatic heterocycles. The molecule has 0 atom stereocenters. The van der Waals surface area contributed by atoms with E-state index in [1.807, 2.05) is 64.3 Å².